The van der Waals surface area contributed by atoms with Crippen molar-refractivity contribution in [3.8, 4) is 0 Å². The Morgan fingerprint density at radius 1 is 0.938 bits per heavy atom. The smallest absolute Gasteiger partial charge is 0.330 e. The first kappa shape index (κ1) is 12.5. The van der Waals surface area contributed by atoms with Crippen LogP contribution in [-0.4, -0.2) is 24.1 Å². The highest BCUT2D eigenvalue weighted by Crippen LogP contribution is 2.24. The molecule has 0 N–H and O–H groups in total. The van der Waals surface area contributed by atoms with Gasteiger partial charge in [0.05, 0.1) is 0 Å². The van der Waals surface area contributed by atoms with Crippen molar-refractivity contribution in [3.63, 3.8) is 0 Å². The quantitative estimate of drug-likeness (QED) is 0.539. The molecule has 0 radical (unpaired) electrons. The summed E-state index contributed by atoms with van der Waals surface area (Å²) in [5.41, 5.74) is 0. The number of hydrogen-bond donors (Lipinski definition) is 0. The first-order valence-corrected chi connectivity index (χ1v) is 5.33. The summed E-state index contributed by atoms with van der Waals surface area (Å²) < 4.78 is 10.3. The van der Waals surface area contributed by atoms with Crippen LogP contribution in [0.5, 0.6) is 0 Å². The lowest BCUT2D eigenvalue weighted by molar-refractivity contribution is -0.165. The van der Waals surface area contributed by atoms with Gasteiger partial charge in [-0.05, 0) is 25.7 Å². The number of ether oxygens (including phenoxy) is 2. The molecule has 0 aromatic heterocycles. The fourth-order valence-electron chi connectivity index (χ4n) is 1.73. The molecule has 0 aromatic rings. The average Bonchev–Trinajstić information content (AvgIpc) is 2.31. The molecule has 16 heavy (non-hydrogen) atoms. The third-order valence-corrected chi connectivity index (χ3v) is 2.51. The van der Waals surface area contributed by atoms with Crippen LogP contribution in [0.3, 0.4) is 0 Å². The van der Waals surface area contributed by atoms with Crippen molar-refractivity contribution in [1.82, 2.24) is 0 Å². The first-order valence-electron chi connectivity index (χ1n) is 5.33. The summed E-state index contributed by atoms with van der Waals surface area (Å²) in [6.45, 7) is 6.66. The van der Waals surface area contributed by atoms with Crippen LogP contribution in [0.25, 0.3) is 0 Å². The molecule has 1 fully saturated rings. The molecule has 0 bridgehead atoms. The molecule has 88 valence electrons. The molecule has 1 saturated carbocycles. The van der Waals surface area contributed by atoms with Gasteiger partial charge in [-0.2, -0.15) is 0 Å². The Balaban J connectivity index is 2.56. The van der Waals surface area contributed by atoms with Crippen LogP contribution in [0.15, 0.2) is 25.3 Å². The minimum absolute atomic E-state index is 0.358. The topological polar surface area (TPSA) is 52.6 Å². The van der Waals surface area contributed by atoms with E-state index in [1.807, 2.05) is 0 Å². The molecule has 0 aliphatic heterocycles. The predicted octanol–water partition coefficient (Wildman–Crippen LogP) is 1.76. The Morgan fingerprint density at radius 2 is 1.31 bits per heavy atom. The van der Waals surface area contributed by atoms with E-state index >= 15 is 0 Å². The molecule has 4 nitrogen and oxygen atoms in total. The number of carbonyl (C=O) groups is 2. The third kappa shape index (κ3) is 3.53. The molecule has 0 aromatic carbocycles. The van der Waals surface area contributed by atoms with Crippen molar-refractivity contribution in [2.24, 2.45) is 0 Å². The van der Waals surface area contributed by atoms with Crippen LogP contribution >= 0.6 is 0 Å². The fraction of sp³-hybridized carbons (Fsp3) is 0.500. The fourth-order valence-corrected chi connectivity index (χ4v) is 1.73. The Morgan fingerprint density at radius 3 is 1.62 bits per heavy atom. The Kier molecular flexibility index (Phi) is 4.76. The number of esters is 2. The van der Waals surface area contributed by atoms with Crippen molar-refractivity contribution < 1.29 is 19.1 Å². The first-order chi connectivity index (χ1) is 7.67. The van der Waals surface area contributed by atoms with E-state index in [1.54, 1.807) is 0 Å². The van der Waals surface area contributed by atoms with E-state index < -0.39 is 11.9 Å². The summed E-state index contributed by atoms with van der Waals surface area (Å²) >= 11 is 0. The van der Waals surface area contributed by atoms with E-state index in [9.17, 15) is 9.59 Å². The van der Waals surface area contributed by atoms with E-state index in [1.165, 1.54) is 0 Å². The highest BCUT2D eigenvalue weighted by Gasteiger charge is 2.30. The Labute approximate surface area is 94.9 Å². The van der Waals surface area contributed by atoms with Crippen LogP contribution in [0.2, 0.25) is 0 Å². The lowest BCUT2D eigenvalue weighted by Gasteiger charge is -2.29. The van der Waals surface area contributed by atoms with Gasteiger partial charge in [-0.15, -0.1) is 0 Å². The van der Waals surface area contributed by atoms with Gasteiger partial charge in [-0.25, -0.2) is 9.59 Å². The molecule has 0 spiro atoms. The molecular weight excluding hydrogens is 208 g/mol. The van der Waals surface area contributed by atoms with Crippen molar-refractivity contribution in [3.05, 3.63) is 25.3 Å². The largest absolute Gasteiger partial charge is 0.455 e. The summed E-state index contributed by atoms with van der Waals surface area (Å²) in [4.78, 5) is 22.2. The zero-order valence-corrected chi connectivity index (χ0v) is 9.19. The van der Waals surface area contributed by atoms with Gasteiger partial charge in [0.15, 0.2) is 0 Å². The van der Waals surface area contributed by atoms with E-state index in [4.69, 9.17) is 9.47 Å². The lowest BCUT2D eigenvalue weighted by Crippen LogP contribution is -2.37. The SMILES string of the molecule is C=CC(=O)OC1CCCCC1OC(=O)C=C. The lowest BCUT2D eigenvalue weighted by atomic mass is 9.94. The maximum absolute atomic E-state index is 11.1. The van der Waals surface area contributed by atoms with Crippen LogP contribution in [0.4, 0.5) is 0 Å². The van der Waals surface area contributed by atoms with Crippen LogP contribution in [0, 0.1) is 0 Å². The van der Waals surface area contributed by atoms with E-state index in [-0.39, 0.29) is 12.2 Å². The van der Waals surface area contributed by atoms with Gasteiger partial charge in [0.2, 0.25) is 0 Å². The van der Waals surface area contributed by atoms with Gasteiger partial charge in [-0.1, -0.05) is 13.2 Å². The Bertz CT molecular complexity index is 265. The Hall–Kier alpha value is -1.58. The van der Waals surface area contributed by atoms with Gasteiger partial charge in [0.25, 0.3) is 0 Å². The number of carbonyl (C=O) groups excluding carboxylic acids is 2. The van der Waals surface area contributed by atoms with Gasteiger partial charge in [-0.3, -0.25) is 0 Å². The van der Waals surface area contributed by atoms with Gasteiger partial charge >= 0.3 is 11.9 Å². The summed E-state index contributed by atoms with van der Waals surface area (Å²) in [5.74, 6) is -0.960. The zero-order valence-electron chi connectivity index (χ0n) is 9.19. The maximum atomic E-state index is 11.1. The minimum atomic E-state index is -0.480. The van der Waals surface area contributed by atoms with Crippen molar-refractivity contribution >= 4 is 11.9 Å². The summed E-state index contributed by atoms with van der Waals surface area (Å²) in [5, 5.41) is 0. The second-order valence-electron chi connectivity index (χ2n) is 3.64. The molecule has 0 amide bonds. The van der Waals surface area contributed by atoms with E-state index in [0.29, 0.717) is 12.8 Å². The molecule has 2 atom stereocenters. The van der Waals surface area contributed by atoms with Crippen LogP contribution < -0.4 is 0 Å². The molecule has 1 aliphatic rings. The van der Waals surface area contributed by atoms with Crippen molar-refractivity contribution in [1.29, 1.82) is 0 Å². The highest BCUT2D eigenvalue weighted by atomic mass is 16.6. The van der Waals surface area contributed by atoms with E-state index in [0.717, 1.165) is 25.0 Å². The third-order valence-electron chi connectivity index (χ3n) is 2.51. The average molecular weight is 224 g/mol. The predicted molar refractivity (Wildman–Crippen MR) is 58.6 cm³/mol. The molecule has 2 unspecified atom stereocenters. The summed E-state index contributed by atoms with van der Waals surface area (Å²) in [6, 6.07) is 0. The molecule has 0 heterocycles. The second-order valence-corrected chi connectivity index (χ2v) is 3.64. The second kappa shape index (κ2) is 6.10. The molecule has 0 saturated heterocycles. The molecule has 1 aliphatic carbocycles. The van der Waals surface area contributed by atoms with Crippen molar-refractivity contribution in [2.75, 3.05) is 0 Å². The molecule has 4 heteroatoms. The highest BCUT2D eigenvalue weighted by molar-refractivity contribution is 5.82. The van der Waals surface area contributed by atoms with Crippen molar-refractivity contribution in [2.45, 2.75) is 37.9 Å². The maximum Gasteiger partial charge on any atom is 0.330 e. The minimum Gasteiger partial charge on any atom is -0.455 e. The van der Waals surface area contributed by atoms with E-state index in [2.05, 4.69) is 13.2 Å². The monoisotopic (exact) mass is 224 g/mol. The van der Waals surface area contributed by atoms with Gasteiger partial charge in [0, 0.05) is 12.2 Å². The number of rotatable bonds is 4. The summed E-state index contributed by atoms with van der Waals surface area (Å²) in [7, 11) is 0. The number of hydrogen-bond acceptors (Lipinski definition) is 4. The normalized spacial score (nSPS) is 24.2. The zero-order chi connectivity index (χ0) is 12.0. The summed E-state index contributed by atoms with van der Waals surface area (Å²) in [6.07, 6.45) is 4.88. The molecular formula is C12H16O4. The van der Waals surface area contributed by atoms with Crippen LogP contribution in [0.1, 0.15) is 25.7 Å². The standard InChI is InChI=1S/C12H16O4/c1-3-11(13)15-9-7-5-6-8-10(9)16-12(14)4-2/h3-4,9-10H,1-2,5-8H2. The van der Waals surface area contributed by atoms with Crippen LogP contribution in [-0.2, 0) is 19.1 Å². The van der Waals surface area contributed by atoms with Gasteiger partial charge < -0.3 is 9.47 Å². The van der Waals surface area contributed by atoms with Gasteiger partial charge in [0.1, 0.15) is 12.2 Å². The molecule has 1 rings (SSSR count).